The molecule has 0 spiro atoms. The lowest BCUT2D eigenvalue weighted by Gasteiger charge is -2.24. The Morgan fingerprint density at radius 1 is 1.21 bits per heavy atom. The molecule has 2 rings (SSSR count). The van der Waals surface area contributed by atoms with Crippen molar-refractivity contribution in [2.24, 2.45) is 0 Å². The molecule has 2 aromatic rings. The molecule has 3 nitrogen and oxygen atoms in total. The highest BCUT2D eigenvalue weighted by Gasteiger charge is 2.16. The van der Waals surface area contributed by atoms with E-state index in [0.29, 0.717) is 6.42 Å². The largest absolute Gasteiger partial charge is 0.461 e. The van der Waals surface area contributed by atoms with Crippen LogP contribution in [0.4, 0.5) is 0 Å². The molecule has 0 aliphatic heterocycles. The van der Waals surface area contributed by atoms with Crippen LogP contribution >= 0.6 is 0 Å². The van der Waals surface area contributed by atoms with E-state index in [2.05, 4.69) is 26.8 Å². The first-order valence-corrected chi connectivity index (χ1v) is 6.98. The quantitative estimate of drug-likeness (QED) is 0.839. The van der Waals surface area contributed by atoms with Gasteiger partial charge in [-0.05, 0) is 38.1 Å². The summed E-state index contributed by atoms with van der Waals surface area (Å²) < 4.78 is 5.85. The summed E-state index contributed by atoms with van der Waals surface area (Å²) in [6, 6.07) is 6.15. The van der Waals surface area contributed by atoms with Gasteiger partial charge in [-0.2, -0.15) is 0 Å². The first-order chi connectivity index (χ1) is 9.08. The standard InChI is InChI=1S/C16H23NO2/c1-5-17(6-2)15(18)10-13-8-7-9-14-11(3)12(4)19-16(13)14/h7-9,15,18H,5-6,10H2,1-4H3. The number of hydrogen-bond acceptors (Lipinski definition) is 3. The van der Waals surface area contributed by atoms with E-state index in [9.17, 15) is 5.11 Å². The second-order valence-electron chi connectivity index (χ2n) is 4.98. The van der Waals surface area contributed by atoms with Crippen LogP contribution in [-0.2, 0) is 6.42 Å². The lowest BCUT2D eigenvalue weighted by atomic mass is 10.1. The van der Waals surface area contributed by atoms with Gasteiger partial charge in [0.05, 0.1) is 0 Å². The second kappa shape index (κ2) is 5.76. The zero-order valence-electron chi connectivity index (χ0n) is 12.2. The van der Waals surface area contributed by atoms with E-state index in [1.54, 1.807) is 0 Å². The molecule has 3 heteroatoms. The molecule has 0 aliphatic carbocycles. The van der Waals surface area contributed by atoms with E-state index in [0.717, 1.165) is 35.4 Å². The molecule has 0 fully saturated rings. The monoisotopic (exact) mass is 261 g/mol. The number of likely N-dealkylation sites (N-methyl/N-ethyl adjacent to an activating group) is 1. The molecule has 0 aliphatic rings. The van der Waals surface area contributed by atoms with E-state index in [1.165, 1.54) is 5.56 Å². The molecule has 1 aromatic heterocycles. The van der Waals surface area contributed by atoms with Gasteiger partial charge in [-0.15, -0.1) is 0 Å². The topological polar surface area (TPSA) is 36.6 Å². The van der Waals surface area contributed by atoms with Crippen molar-refractivity contribution in [3.63, 3.8) is 0 Å². The third-order valence-electron chi connectivity index (χ3n) is 3.92. The summed E-state index contributed by atoms with van der Waals surface area (Å²) in [6.07, 6.45) is 0.150. The SMILES string of the molecule is CCN(CC)C(O)Cc1cccc2c(C)c(C)oc12. The Kier molecular flexibility index (Phi) is 4.27. The average molecular weight is 261 g/mol. The number of furan rings is 1. The predicted octanol–water partition coefficient (Wildman–Crippen LogP) is 3.25. The van der Waals surface area contributed by atoms with Crippen LogP contribution < -0.4 is 0 Å². The van der Waals surface area contributed by atoms with Gasteiger partial charge in [0, 0.05) is 11.8 Å². The Morgan fingerprint density at radius 3 is 2.53 bits per heavy atom. The maximum Gasteiger partial charge on any atom is 0.137 e. The molecule has 1 aromatic carbocycles. The second-order valence-corrected chi connectivity index (χ2v) is 4.98. The Balaban J connectivity index is 2.33. The Labute approximate surface area is 114 Å². The van der Waals surface area contributed by atoms with Crippen LogP contribution in [0, 0.1) is 13.8 Å². The molecular weight excluding hydrogens is 238 g/mol. The molecule has 104 valence electrons. The lowest BCUT2D eigenvalue weighted by molar-refractivity contribution is 0.0116. The maximum absolute atomic E-state index is 10.3. The number of benzene rings is 1. The highest BCUT2D eigenvalue weighted by molar-refractivity contribution is 5.84. The summed E-state index contributed by atoms with van der Waals surface area (Å²) in [4.78, 5) is 2.04. The van der Waals surface area contributed by atoms with Crippen molar-refractivity contribution < 1.29 is 9.52 Å². The number of rotatable bonds is 5. The molecule has 0 saturated carbocycles. The van der Waals surface area contributed by atoms with Gasteiger partial charge in [-0.1, -0.05) is 32.0 Å². The molecule has 19 heavy (non-hydrogen) atoms. The minimum Gasteiger partial charge on any atom is -0.461 e. The van der Waals surface area contributed by atoms with Gasteiger partial charge >= 0.3 is 0 Å². The number of aliphatic hydroxyl groups is 1. The molecule has 1 N–H and O–H groups in total. The van der Waals surface area contributed by atoms with Crippen molar-refractivity contribution in [2.45, 2.75) is 40.3 Å². The fraction of sp³-hybridized carbons (Fsp3) is 0.500. The molecule has 0 bridgehead atoms. The molecule has 1 heterocycles. The third kappa shape index (κ3) is 2.67. The van der Waals surface area contributed by atoms with Crippen LogP contribution in [0.3, 0.4) is 0 Å². The van der Waals surface area contributed by atoms with Crippen LogP contribution in [0.5, 0.6) is 0 Å². The fourth-order valence-electron chi connectivity index (χ4n) is 2.55. The zero-order chi connectivity index (χ0) is 14.0. The summed E-state index contributed by atoms with van der Waals surface area (Å²) in [6.45, 7) is 9.89. The average Bonchev–Trinajstić information content (AvgIpc) is 2.69. The number of nitrogens with zero attached hydrogens (tertiary/aromatic N) is 1. The molecule has 0 amide bonds. The van der Waals surface area contributed by atoms with Gasteiger partial charge in [0.1, 0.15) is 17.6 Å². The summed E-state index contributed by atoms with van der Waals surface area (Å²) in [5.74, 6) is 0.958. The number of aryl methyl sites for hydroxylation is 2. The van der Waals surface area contributed by atoms with Gasteiger partial charge in [-0.25, -0.2) is 0 Å². The molecule has 1 unspecified atom stereocenters. The number of hydrogen-bond donors (Lipinski definition) is 1. The minimum atomic E-state index is -0.452. The first-order valence-electron chi connectivity index (χ1n) is 6.98. The van der Waals surface area contributed by atoms with Crippen LogP contribution in [0.2, 0.25) is 0 Å². The molecule has 0 saturated heterocycles. The zero-order valence-corrected chi connectivity index (χ0v) is 12.2. The normalized spacial score (nSPS) is 13.4. The van der Waals surface area contributed by atoms with Gasteiger partial charge in [0.25, 0.3) is 0 Å². The van der Waals surface area contributed by atoms with Gasteiger partial charge in [-0.3, -0.25) is 4.90 Å². The van der Waals surface area contributed by atoms with Crippen LogP contribution in [-0.4, -0.2) is 29.3 Å². The smallest absolute Gasteiger partial charge is 0.137 e. The number of aliphatic hydroxyl groups excluding tert-OH is 1. The van der Waals surface area contributed by atoms with Crippen LogP contribution in [0.15, 0.2) is 22.6 Å². The first kappa shape index (κ1) is 14.1. The minimum absolute atomic E-state index is 0.452. The van der Waals surface area contributed by atoms with E-state index < -0.39 is 6.23 Å². The van der Waals surface area contributed by atoms with Gasteiger partial charge < -0.3 is 9.52 Å². The van der Waals surface area contributed by atoms with E-state index in [1.807, 2.05) is 24.0 Å². The number of fused-ring (bicyclic) bond motifs is 1. The van der Waals surface area contributed by atoms with Crippen LogP contribution in [0.1, 0.15) is 30.7 Å². The summed E-state index contributed by atoms with van der Waals surface area (Å²) in [7, 11) is 0. The van der Waals surface area contributed by atoms with Crippen molar-refractivity contribution in [1.82, 2.24) is 4.90 Å². The van der Waals surface area contributed by atoms with E-state index >= 15 is 0 Å². The highest BCUT2D eigenvalue weighted by atomic mass is 16.3. The molecule has 1 atom stereocenters. The van der Waals surface area contributed by atoms with Crippen molar-refractivity contribution in [1.29, 1.82) is 0 Å². The van der Waals surface area contributed by atoms with Crippen molar-refractivity contribution >= 4 is 11.0 Å². The lowest BCUT2D eigenvalue weighted by Crippen LogP contribution is -2.36. The van der Waals surface area contributed by atoms with Crippen LogP contribution in [0.25, 0.3) is 11.0 Å². The number of para-hydroxylation sites is 1. The predicted molar refractivity (Wildman–Crippen MR) is 78.3 cm³/mol. The Hall–Kier alpha value is -1.32. The Bertz CT molecular complexity index is 555. The highest BCUT2D eigenvalue weighted by Crippen LogP contribution is 2.28. The van der Waals surface area contributed by atoms with Gasteiger partial charge in [0.15, 0.2) is 0 Å². The molecule has 0 radical (unpaired) electrons. The fourth-order valence-corrected chi connectivity index (χ4v) is 2.55. The summed E-state index contributed by atoms with van der Waals surface area (Å²) in [5.41, 5.74) is 3.19. The summed E-state index contributed by atoms with van der Waals surface area (Å²) in [5, 5.41) is 11.4. The molecular formula is C16H23NO2. The van der Waals surface area contributed by atoms with E-state index in [4.69, 9.17) is 4.42 Å². The van der Waals surface area contributed by atoms with E-state index in [-0.39, 0.29) is 0 Å². The maximum atomic E-state index is 10.3. The van der Waals surface area contributed by atoms with Crippen molar-refractivity contribution in [3.8, 4) is 0 Å². The third-order valence-corrected chi connectivity index (χ3v) is 3.92. The van der Waals surface area contributed by atoms with Gasteiger partial charge in [0.2, 0.25) is 0 Å². The van der Waals surface area contributed by atoms with Crippen molar-refractivity contribution in [2.75, 3.05) is 13.1 Å². The summed E-state index contributed by atoms with van der Waals surface area (Å²) >= 11 is 0. The Morgan fingerprint density at radius 2 is 1.89 bits per heavy atom. The van der Waals surface area contributed by atoms with Crippen molar-refractivity contribution in [3.05, 3.63) is 35.1 Å².